The number of hydrogen-bond acceptors (Lipinski definition) is 5. The average molecular weight is 293 g/mol. The van der Waals surface area contributed by atoms with E-state index >= 15 is 0 Å². The predicted molar refractivity (Wildman–Crippen MR) is 75.8 cm³/mol. The lowest BCUT2D eigenvalue weighted by atomic mass is 10.1. The van der Waals surface area contributed by atoms with Crippen LogP contribution in [0.25, 0.3) is 10.3 Å². The van der Waals surface area contributed by atoms with Crippen molar-refractivity contribution in [3.8, 4) is 0 Å². The number of hydrogen-bond donors (Lipinski definition) is 2. The summed E-state index contributed by atoms with van der Waals surface area (Å²) < 4.78 is 0. The van der Waals surface area contributed by atoms with Gasteiger partial charge in [0.15, 0.2) is 5.01 Å². The summed E-state index contributed by atoms with van der Waals surface area (Å²) >= 11 is 1.16. The zero-order valence-electron chi connectivity index (χ0n) is 11.0. The van der Waals surface area contributed by atoms with Crippen LogP contribution in [0.15, 0.2) is 18.3 Å². The maximum atomic E-state index is 12.0. The lowest BCUT2D eigenvalue weighted by Gasteiger charge is -2.12. The van der Waals surface area contributed by atoms with E-state index in [-0.39, 0.29) is 5.01 Å². The van der Waals surface area contributed by atoms with Gasteiger partial charge >= 0.3 is 5.97 Å². The van der Waals surface area contributed by atoms with Gasteiger partial charge in [-0.1, -0.05) is 31.1 Å². The molecule has 2 rings (SSSR count). The Morgan fingerprint density at radius 1 is 1.50 bits per heavy atom. The van der Waals surface area contributed by atoms with Crippen molar-refractivity contribution < 1.29 is 14.7 Å². The highest BCUT2D eigenvalue weighted by molar-refractivity contribution is 7.19. The minimum Gasteiger partial charge on any atom is -0.480 e. The van der Waals surface area contributed by atoms with E-state index in [1.54, 1.807) is 18.3 Å². The molecule has 0 fully saturated rings. The summed E-state index contributed by atoms with van der Waals surface area (Å²) in [5.74, 6) is -1.48. The standard InChI is InChI=1S/C13H15N3O3S/c1-2-3-5-9(13(18)19)15-10(17)12-16-8-6-4-7-14-11(8)20-12/h4,6-7,9H,2-3,5H2,1H3,(H,15,17)(H,18,19). The molecule has 6 nitrogen and oxygen atoms in total. The van der Waals surface area contributed by atoms with Gasteiger partial charge < -0.3 is 10.4 Å². The molecule has 0 saturated carbocycles. The molecule has 0 aliphatic heterocycles. The molecular formula is C13H15N3O3S. The first-order valence-corrected chi connectivity index (χ1v) is 7.18. The molecular weight excluding hydrogens is 278 g/mol. The van der Waals surface area contributed by atoms with Crippen LogP contribution in [0.1, 0.15) is 36.0 Å². The molecule has 0 aliphatic carbocycles. The summed E-state index contributed by atoms with van der Waals surface area (Å²) in [6.07, 6.45) is 3.67. The van der Waals surface area contributed by atoms with Crippen LogP contribution in [-0.4, -0.2) is 33.0 Å². The number of thiazole rings is 1. The highest BCUT2D eigenvalue weighted by Gasteiger charge is 2.22. The third-order valence-corrected chi connectivity index (χ3v) is 3.79. The fourth-order valence-corrected chi connectivity index (χ4v) is 2.56. The number of carboxylic acid groups (broad SMARTS) is 1. The van der Waals surface area contributed by atoms with Crippen LogP contribution in [0, 0.1) is 0 Å². The summed E-state index contributed by atoms with van der Waals surface area (Å²) in [7, 11) is 0. The summed E-state index contributed by atoms with van der Waals surface area (Å²) in [5.41, 5.74) is 0.642. The van der Waals surface area contributed by atoms with Crippen molar-refractivity contribution in [1.29, 1.82) is 0 Å². The Balaban J connectivity index is 2.11. The van der Waals surface area contributed by atoms with Crippen molar-refractivity contribution in [1.82, 2.24) is 15.3 Å². The molecule has 20 heavy (non-hydrogen) atoms. The fraction of sp³-hybridized carbons (Fsp3) is 0.385. The van der Waals surface area contributed by atoms with Crippen molar-refractivity contribution in [2.24, 2.45) is 0 Å². The van der Waals surface area contributed by atoms with Crippen molar-refractivity contribution in [2.75, 3.05) is 0 Å². The molecule has 1 atom stereocenters. The molecule has 106 valence electrons. The Hall–Kier alpha value is -2.02. The fourth-order valence-electron chi connectivity index (χ4n) is 1.75. The molecule has 2 heterocycles. The molecule has 2 aromatic heterocycles. The monoisotopic (exact) mass is 293 g/mol. The number of nitrogens with zero attached hydrogens (tertiary/aromatic N) is 2. The molecule has 0 aromatic carbocycles. The third-order valence-electron chi connectivity index (χ3n) is 2.81. The number of carboxylic acids is 1. The first-order valence-electron chi connectivity index (χ1n) is 6.37. The van der Waals surface area contributed by atoms with Gasteiger partial charge in [-0.05, 0) is 18.6 Å². The Labute approximate surface area is 119 Å². The second-order valence-corrected chi connectivity index (χ2v) is 5.33. The molecule has 1 unspecified atom stereocenters. The van der Waals surface area contributed by atoms with E-state index in [1.807, 2.05) is 6.92 Å². The van der Waals surface area contributed by atoms with Gasteiger partial charge in [0, 0.05) is 6.20 Å². The molecule has 2 aromatic rings. The largest absolute Gasteiger partial charge is 0.480 e. The minimum absolute atomic E-state index is 0.237. The van der Waals surface area contributed by atoms with Crippen LogP contribution in [0.4, 0.5) is 0 Å². The van der Waals surface area contributed by atoms with Gasteiger partial charge in [-0.25, -0.2) is 14.8 Å². The smallest absolute Gasteiger partial charge is 0.326 e. The lowest BCUT2D eigenvalue weighted by Crippen LogP contribution is -2.40. The average Bonchev–Trinajstić information content (AvgIpc) is 2.86. The van der Waals surface area contributed by atoms with Gasteiger partial charge in [-0.3, -0.25) is 4.79 Å². The van der Waals surface area contributed by atoms with Crippen molar-refractivity contribution in [3.05, 3.63) is 23.3 Å². The van der Waals surface area contributed by atoms with E-state index in [2.05, 4.69) is 15.3 Å². The van der Waals surface area contributed by atoms with Gasteiger partial charge in [-0.15, -0.1) is 0 Å². The van der Waals surface area contributed by atoms with E-state index in [0.717, 1.165) is 24.2 Å². The van der Waals surface area contributed by atoms with Crippen molar-refractivity contribution in [3.63, 3.8) is 0 Å². The molecule has 1 amide bonds. The highest BCUT2D eigenvalue weighted by atomic mass is 32.1. The Morgan fingerprint density at radius 3 is 2.95 bits per heavy atom. The van der Waals surface area contributed by atoms with Gasteiger partial charge in [0.2, 0.25) is 0 Å². The lowest BCUT2D eigenvalue weighted by molar-refractivity contribution is -0.139. The maximum absolute atomic E-state index is 12.0. The van der Waals surface area contributed by atoms with Crippen molar-refractivity contribution in [2.45, 2.75) is 32.2 Å². The molecule has 0 aliphatic rings. The van der Waals surface area contributed by atoms with Crippen LogP contribution in [0.2, 0.25) is 0 Å². The third kappa shape index (κ3) is 3.30. The van der Waals surface area contributed by atoms with E-state index in [0.29, 0.717) is 16.8 Å². The summed E-state index contributed by atoms with van der Waals surface area (Å²) in [6, 6.07) is 2.63. The number of carbonyl (C=O) groups is 2. The van der Waals surface area contributed by atoms with Gasteiger partial charge in [0.25, 0.3) is 5.91 Å². The van der Waals surface area contributed by atoms with Crippen LogP contribution < -0.4 is 5.32 Å². The number of nitrogens with one attached hydrogen (secondary N) is 1. The second-order valence-electron chi connectivity index (χ2n) is 4.35. The molecule has 0 saturated heterocycles. The van der Waals surface area contributed by atoms with Crippen molar-refractivity contribution >= 4 is 33.6 Å². The SMILES string of the molecule is CCCCC(NC(=O)c1nc2cccnc2s1)C(=O)O. The summed E-state index contributed by atoms with van der Waals surface area (Å²) in [6.45, 7) is 1.97. The van der Waals surface area contributed by atoms with E-state index in [1.165, 1.54) is 0 Å². The number of rotatable bonds is 6. The number of carbonyl (C=O) groups excluding carboxylic acids is 1. The molecule has 0 spiro atoms. The second kappa shape index (κ2) is 6.42. The highest BCUT2D eigenvalue weighted by Crippen LogP contribution is 2.19. The first kappa shape index (κ1) is 14.4. The maximum Gasteiger partial charge on any atom is 0.326 e. The van der Waals surface area contributed by atoms with Crippen LogP contribution in [-0.2, 0) is 4.79 Å². The summed E-state index contributed by atoms with van der Waals surface area (Å²) in [5, 5.41) is 11.8. The van der Waals surface area contributed by atoms with Crippen LogP contribution >= 0.6 is 11.3 Å². The number of aliphatic carboxylic acids is 1. The Kier molecular flexibility index (Phi) is 4.62. The Bertz CT molecular complexity index is 593. The van der Waals surface area contributed by atoms with Crippen LogP contribution in [0.3, 0.4) is 0 Å². The topological polar surface area (TPSA) is 92.2 Å². The zero-order chi connectivity index (χ0) is 14.5. The molecule has 2 N–H and O–H groups in total. The number of aromatic nitrogens is 2. The molecule has 0 radical (unpaired) electrons. The van der Waals surface area contributed by atoms with E-state index in [9.17, 15) is 9.59 Å². The molecule has 0 bridgehead atoms. The first-order chi connectivity index (χ1) is 9.61. The molecule has 7 heteroatoms. The number of pyridine rings is 1. The Morgan fingerprint density at radius 2 is 2.30 bits per heavy atom. The summed E-state index contributed by atoms with van der Waals surface area (Å²) in [4.78, 5) is 32.1. The van der Waals surface area contributed by atoms with E-state index in [4.69, 9.17) is 5.11 Å². The van der Waals surface area contributed by atoms with Gasteiger partial charge in [0.05, 0.1) is 0 Å². The number of unbranched alkanes of at least 4 members (excludes halogenated alkanes) is 1. The van der Waals surface area contributed by atoms with Gasteiger partial charge in [0.1, 0.15) is 16.4 Å². The quantitative estimate of drug-likeness (QED) is 0.850. The minimum atomic E-state index is -1.02. The number of amides is 1. The number of fused-ring (bicyclic) bond motifs is 1. The normalized spacial score (nSPS) is 12.2. The van der Waals surface area contributed by atoms with E-state index < -0.39 is 17.9 Å². The van der Waals surface area contributed by atoms with Crippen LogP contribution in [0.5, 0.6) is 0 Å². The zero-order valence-corrected chi connectivity index (χ0v) is 11.8. The van der Waals surface area contributed by atoms with Gasteiger partial charge in [-0.2, -0.15) is 0 Å². The predicted octanol–water partition coefficient (Wildman–Crippen LogP) is 2.06.